The van der Waals surface area contributed by atoms with Crippen molar-refractivity contribution >= 4 is 6.29 Å². The van der Waals surface area contributed by atoms with Crippen molar-refractivity contribution in [3.63, 3.8) is 0 Å². The largest absolute Gasteiger partial charge is 0.453 e. The van der Waals surface area contributed by atoms with Crippen LogP contribution in [0.4, 0.5) is 0 Å². The molecule has 3 rings (SSSR count). The van der Waals surface area contributed by atoms with Crippen LogP contribution in [0.2, 0.25) is 0 Å². The van der Waals surface area contributed by atoms with E-state index in [1.807, 2.05) is 6.07 Å². The number of carbonyl (C=O) groups is 1. The van der Waals surface area contributed by atoms with E-state index in [0.717, 1.165) is 30.5 Å². The molecular formula is C15H14O2. The van der Waals surface area contributed by atoms with Crippen molar-refractivity contribution in [1.82, 2.24) is 0 Å². The molecule has 86 valence electrons. The van der Waals surface area contributed by atoms with Crippen molar-refractivity contribution in [3.8, 4) is 11.3 Å². The fourth-order valence-electron chi connectivity index (χ4n) is 2.65. The third kappa shape index (κ3) is 1.70. The van der Waals surface area contributed by atoms with Crippen LogP contribution in [0.5, 0.6) is 0 Å². The molecule has 0 atom stereocenters. The summed E-state index contributed by atoms with van der Waals surface area (Å²) in [6.07, 6.45) is 4.24. The van der Waals surface area contributed by atoms with Gasteiger partial charge in [-0.1, -0.05) is 11.6 Å². The normalized spacial score (nSPS) is 13.7. The molecule has 0 radical (unpaired) electrons. The Bertz CT molecular complexity index is 579. The Morgan fingerprint density at radius 2 is 2.12 bits per heavy atom. The van der Waals surface area contributed by atoms with Crippen LogP contribution in [-0.4, -0.2) is 6.29 Å². The number of hydrogen-bond acceptors (Lipinski definition) is 2. The quantitative estimate of drug-likeness (QED) is 0.733. The lowest BCUT2D eigenvalue weighted by atomic mass is 9.98. The van der Waals surface area contributed by atoms with Crippen LogP contribution < -0.4 is 0 Å². The van der Waals surface area contributed by atoms with E-state index in [0.29, 0.717) is 5.76 Å². The van der Waals surface area contributed by atoms with E-state index < -0.39 is 0 Å². The van der Waals surface area contributed by atoms with E-state index in [1.54, 1.807) is 6.07 Å². The molecule has 1 aliphatic rings. The molecule has 0 saturated carbocycles. The molecule has 0 saturated heterocycles. The number of aldehydes is 1. The highest BCUT2D eigenvalue weighted by Crippen LogP contribution is 2.34. The van der Waals surface area contributed by atoms with E-state index in [2.05, 4.69) is 19.1 Å². The number of hydrogen-bond donors (Lipinski definition) is 0. The first-order valence-corrected chi connectivity index (χ1v) is 5.96. The summed E-state index contributed by atoms with van der Waals surface area (Å²) < 4.78 is 5.53. The number of carbonyl (C=O) groups excluding carboxylic acids is 1. The Hall–Kier alpha value is -1.83. The highest BCUT2D eigenvalue weighted by molar-refractivity contribution is 5.74. The van der Waals surface area contributed by atoms with Gasteiger partial charge in [0.2, 0.25) is 0 Å². The van der Waals surface area contributed by atoms with Gasteiger partial charge in [0.15, 0.2) is 12.0 Å². The second kappa shape index (κ2) is 3.88. The minimum Gasteiger partial charge on any atom is -0.453 e. The van der Waals surface area contributed by atoms with Crippen molar-refractivity contribution in [2.75, 3.05) is 0 Å². The fraction of sp³-hybridized carbons (Fsp3) is 0.267. The minimum absolute atomic E-state index is 0.397. The molecule has 1 aromatic heterocycles. The lowest BCUT2D eigenvalue weighted by Gasteiger charge is -2.07. The van der Waals surface area contributed by atoms with Crippen molar-refractivity contribution in [2.45, 2.75) is 26.2 Å². The van der Waals surface area contributed by atoms with Crippen LogP contribution >= 0.6 is 0 Å². The van der Waals surface area contributed by atoms with Gasteiger partial charge in [-0.3, -0.25) is 4.79 Å². The van der Waals surface area contributed by atoms with Gasteiger partial charge in [0.1, 0.15) is 5.76 Å². The Kier molecular flexibility index (Phi) is 2.36. The van der Waals surface area contributed by atoms with Crippen molar-refractivity contribution < 1.29 is 9.21 Å². The molecule has 2 heteroatoms. The molecule has 0 unspecified atom stereocenters. The maximum atomic E-state index is 10.7. The second-order valence-electron chi connectivity index (χ2n) is 4.62. The van der Waals surface area contributed by atoms with Crippen LogP contribution in [0.1, 0.15) is 33.7 Å². The van der Waals surface area contributed by atoms with Gasteiger partial charge in [0.05, 0.1) is 0 Å². The zero-order valence-corrected chi connectivity index (χ0v) is 9.82. The molecule has 1 heterocycles. The number of rotatable bonds is 2. The summed E-state index contributed by atoms with van der Waals surface area (Å²) in [7, 11) is 0. The molecule has 2 aromatic rings. The van der Waals surface area contributed by atoms with E-state index in [-0.39, 0.29) is 0 Å². The smallest absolute Gasteiger partial charge is 0.185 e. The van der Waals surface area contributed by atoms with E-state index in [1.165, 1.54) is 23.1 Å². The van der Waals surface area contributed by atoms with Gasteiger partial charge in [-0.05, 0) is 55.5 Å². The molecule has 0 aliphatic heterocycles. The third-order valence-corrected chi connectivity index (χ3v) is 3.37. The Balaban J connectivity index is 2.17. The standard InChI is InChI=1S/C15H14O2/c1-10-7-11-3-2-4-13(11)14(8-10)15-6-5-12(9-16)17-15/h5-9H,2-4H2,1H3. The van der Waals surface area contributed by atoms with Gasteiger partial charge in [-0.2, -0.15) is 0 Å². The molecule has 0 fully saturated rings. The summed E-state index contributed by atoms with van der Waals surface area (Å²) in [6, 6.07) is 8.02. The van der Waals surface area contributed by atoms with Crippen LogP contribution in [0.25, 0.3) is 11.3 Å². The lowest BCUT2D eigenvalue weighted by Crippen LogP contribution is -1.89. The van der Waals surface area contributed by atoms with Gasteiger partial charge >= 0.3 is 0 Å². The zero-order chi connectivity index (χ0) is 11.8. The second-order valence-corrected chi connectivity index (χ2v) is 4.62. The summed E-state index contributed by atoms with van der Waals surface area (Å²) in [6.45, 7) is 2.10. The number of benzene rings is 1. The third-order valence-electron chi connectivity index (χ3n) is 3.37. The summed E-state index contributed by atoms with van der Waals surface area (Å²) in [5.41, 5.74) is 5.24. The molecule has 0 spiro atoms. The van der Waals surface area contributed by atoms with Gasteiger partial charge in [0.25, 0.3) is 0 Å². The summed E-state index contributed by atoms with van der Waals surface area (Å²) >= 11 is 0. The Morgan fingerprint density at radius 1 is 1.24 bits per heavy atom. The number of furan rings is 1. The van der Waals surface area contributed by atoms with Crippen LogP contribution in [0.3, 0.4) is 0 Å². The topological polar surface area (TPSA) is 30.2 Å². The van der Waals surface area contributed by atoms with Gasteiger partial charge in [0, 0.05) is 5.56 Å². The summed E-state index contributed by atoms with van der Waals surface area (Å²) in [5, 5.41) is 0. The first kappa shape index (κ1) is 10.3. The number of aryl methyl sites for hydroxylation is 2. The molecular weight excluding hydrogens is 212 g/mol. The Morgan fingerprint density at radius 3 is 2.88 bits per heavy atom. The average molecular weight is 226 g/mol. The van der Waals surface area contributed by atoms with Crippen LogP contribution in [0.15, 0.2) is 28.7 Å². The van der Waals surface area contributed by atoms with Gasteiger partial charge < -0.3 is 4.42 Å². The average Bonchev–Trinajstić information content (AvgIpc) is 2.95. The van der Waals surface area contributed by atoms with E-state index in [4.69, 9.17) is 4.42 Å². The summed E-state index contributed by atoms with van der Waals surface area (Å²) in [4.78, 5) is 10.7. The van der Waals surface area contributed by atoms with Crippen molar-refractivity contribution in [2.24, 2.45) is 0 Å². The first-order chi connectivity index (χ1) is 8.28. The highest BCUT2D eigenvalue weighted by atomic mass is 16.3. The monoisotopic (exact) mass is 226 g/mol. The van der Waals surface area contributed by atoms with E-state index in [9.17, 15) is 4.79 Å². The molecule has 1 aliphatic carbocycles. The zero-order valence-electron chi connectivity index (χ0n) is 9.82. The molecule has 0 amide bonds. The van der Waals surface area contributed by atoms with Crippen molar-refractivity contribution in [1.29, 1.82) is 0 Å². The summed E-state index contributed by atoms with van der Waals surface area (Å²) in [5.74, 6) is 1.21. The van der Waals surface area contributed by atoms with Gasteiger partial charge in [-0.15, -0.1) is 0 Å². The first-order valence-electron chi connectivity index (χ1n) is 5.96. The lowest BCUT2D eigenvalue weighted by molar-refractivity contribution is 0.110. The van der Waals surface area contributed by atoms with Crippen LogP contribution in [-0.2, 0) is 12.8 Å². The predicted octanol–water partition coefficient (Wildman–Crippen LogP) is 3.56. The fourth-order valence-corrected chi connectivity index (χ4v) is 2.65. The van der Waals surface area contributed by atoms with Gasteiger partial charge in [-0.25, -0.2) is 0 Å². The predicted molar refractivity (Wildman–Crippen MR) is 66.3 cm³/mol. The maximum absolute atomic E-state index is 10.7. The Labute approximate surface area is 100 Å². The molecule has 1 aromatic carbocycles. The molecule has 2 nitrogen and oxygen atoms in total. The van der Waals surface area contributed by atoms with Crippen LogP contribution in [0, 0.1) is 6.92 Å². The van der Waals surface area contributed by atoms with Crippen molar-refractivity contribution in [3.05, 3.63) is 46.7 Å². The molecule has 0 N–H and O–H groups in total. The minimum atomic E-state index is 0.397. The molecule has 0 bridgehead atoms. The highest BCUT2D eigenvalue weighted by Gasteiger charge is 2.18. The number of fused-ring (bicyclic) bond motifs is 1. The maximum Gasteiger partial charge on any atom is 0.185 e. The van der Waals surface area contributed by atoms with E-state index >= 15 is 0 Å². The SMILES string of the molecule is Cc1cc2c(c(-c3ccc(C=O)o3)c1)CCC2. The molecule has 17 heavy (non-hydrogen) atoms.